The van der Waals surface area contributed by atoms with E-state index in [0.717, 1.165) is 56.4 Å². The molecule has 8 heteroatoms. The minimum atomic E-state index is 0.556. The van der Waals surface area contributed by atoms with Crippen LogP contribution in [0, 0.1) is 13.8 Å². The van der Waals surface area contributed by atoms with Gasteiger partial charge in [0.05, 0.1) is 27.5 Å². The molecular formula is C21H23N5OS2. The highest BCUT2D eigenvalue weighted by atomic mass is 32.1. The third-order valence-electron chi connectivity index (χ3n) is 4.52. The normalized spacial score (nSPS) is 11.9. The van der Waals surface area contributed by atoms with Gasteiger partial charge in [-0.15, -0.1) is 22.7 Å². The Kier molecular flexibility index (Phi) is 5.92. The molecule has 1 aromatic carbocycles. The predicted molar refractivity (Wildman–Crippen MR) is 121 cm³/mol. The largest absolute Gasteiger partial charge is 0.457 e. The number of nitrogens with zero attached hydrogens (tertiary/aromatic N) is 3. The maximum Gasteiger partial charge on any atom is 0.191 e. The Labute approximate surface area is 177 Å². The van der Waals surface area contributed by atoms with E-state index in [1.54, 1.807) is 29.7 Å². The van der Waals surface area contributed by atoms with Gasteiger partial charge in [0, 0.05) is 24.9 Å². The van der Waals surface area contributed by atoms with Crippen molar-refractivity contribution in [2.75, 3.05) is 13.6 Å². The van der Waals surface area contributed by atoms with Crippen molar-refractivity contribution in [1.29, 1.82) is 0 Å². The topological polar surface area (TPSA) is 75.3 Å². The summed E-state index contributed by atoms with van der Waals surface area (Å²) in [4.78, 5) is 14.8. The van der Waals surface area contributed by atoms with Crippen LogP contribution in [0.1, 0.15) is 21.3 Å². The smallest absolute Gasteiger partial charge is 0.191 e. The van der Waals surface area contributed by atoms with E-state index >= 15 is 0 Å². The molecule has 0 radical (unpaired) electrons. The number of fused-ring (bicyclic) bond motifs is 1. The first kappa shape index (κ1) is 19.6. The van der Waals surface area contributed by atoms with Crippen LogP contribution < -0.4 is 10.6 Å². The molecule has 0 spiro atoms. The summed E-state index contributed by atoms with van der Waals surface area (Å²) in [6.45, 7) is 5.49. The van der Waals surface area contributed by atoms with Crippen molar-refractivity contribution < 1.29 is 4.42 Å². The van der Waals surface area contributed by atoms with Crippen LogP contribution in [-0.2, 0) is 13.0 Å². The van der Waals surface area contributed by atoms with Crippen molar-refractivity contribution in [3.8, 4) is 10.8 Å². The summed E-state index contributed by atoms with van der Waals surface area (Å²) in [5, 5.41) is 8.66. The second-order valence-electron chi connectivity index (χ2n) is 6.60. The number of hydrogen-bond acceptors (Lipinski definition) is 6. The zero-order chi connectivity index (χ0) is 20.2. The molecule has 3 aromatic heterocycles. The Morgan fingerprint density at radius 1 is 1.07 bits per heavy atom. The summed E-state index contributed by atoms with van der Waals surface area (Å²) >= 11 is 3.39. The van der Waals surface area contributed by atoms with Crippen molar-refractivity contribution in [3.05, 3.63) is 57.7 Å². The molecule has 6 nitrogen and oxygen atoms in total. The van der Waals surface area contributed by atoms with Gasteiger partial charge >= 0.3 is 0 Å². The van der Waals surface area contributed by atoms with E-state index in [0.29, 0.717) is 6.54 Å². The number of guanidine groups is 1. The highest BCUT2D eigenvalue weighted by Crippen LogP contribution is 2.31. The number of para-hydroxylation sites is 1. The molecule has 0 unspecified atom stereocenters. The lowest BCUT2D eigenvalue weighted by atomic mass is 10.3. The number of hydrogen-bond donors (Lipinski definition) is 2. The zero-order valence-corrected chi connectivity index (χ0v) is 18.3. The van der Waals surface area contributed by atoms with E-state index in [-0.39, 0.29) is 0 Å². The van der Waals surface area contributed by atoms with Crippen molar-refractivity contribution >= 4 is 38.8 Å². The van der Waals surface area contributed by atoms with Gasteiger partial charge in [-0.1, -0.05) is 12.1 Å². The fourth-order valence-corrected chi connectivity index (χ4v) is 4.75. The maximum absolute atomic E-state index is 5.98. The first-order valence-corrected chi connectivity index (χ1v) is 11.1. The molecule has 0 saturated heterocycles. The molecule has 0 fully saturated rings. The predicted octanol–water partition coefficient (Wildman–Crippen LogP) is 4.54. The summed E-state index contributed by atoms with van der Waals surface area (Å²) in [7, 11) is 1.77. The lowest BCUT2D eigenvalue weighted by Gasteiger charge is -2.10. The van der Waals surface area contributed by atoms with Crippen LogP contribution >= 0.6 is 22.7 Å². The Balaban J connectivity index is 1.31. The summed E-state index contributed by atoms with van der Waals surface area (Å²) in [6, 6.07) is 12.1. The number of furan rings is 1. The summed E-state index contributed by atoms with van der Waals surface area (Å²) in [5.41, 5.74) is 2.12. The first-order valence-electron chi connectivity index (χ1n) is 9.44. The maximum atomic E-state index is 5.98. The third-order valence-corrected chi connectivity index (χ3v) is 6.71. The van der Waals surface area contributed by atoms with Gasteiger partial charge in [-0.3, -0.25) is 4.99 Å². The second kappa shape index (κ2) is 8.75. The molecule has 0 atom stereocenters. The minimum Gasteiger partial charge on any atom is -0.457 e. The molecule has 150 valence electrons. The average Bonchev–Trinajstić information content (AvgIpc) is 3.43. The first-order chi connectivity index (χ1) is 14.1. The van der Waals surface area contributed by atoms with E-state index in [2.05, 4.69) is 45.5 Å². The fraction of sp³-hybridized carbons (Fsp3) is 0.286. The van der Waals surface area contributed by atoms with Crippen LogP contribution in [0.15, 0.2) is 45.8 Å². The van der Waals surface area contributed by atoms with Crippen LogP contribution in [0.4, 0.5) is 0 Å². The van der Waals surface area contributed by atoms with Gasteiger partial charge < -0.3 is 15.1 Å². The Morgan fingerprint density at radius 3 is 2.69 bits per heavy atom. The van der Waals surface area contributed by atoms with E-state index < -0.39 is 0 Å². The number of benzene rings is 1. The number of thiazole rings is 2. The fourth-order valence-electron chi connectivity index (χ4n) is 2.89. The number of rotatable bonds is 6. The molecule has 0 aliphatic rings. The molecule has 0 bridgehead atoms. The van der Waals surface area contributed by atoms with Gasteiger partial charge in [-0.2, -0.15) is 0 Å². The molecule has 0 aliphatic heterocycles. The molecule has 3 heterocycles. The molecule has 4 rings (SSSR count). The number of aryl methyl sites for hydroxylation is 2. The molecule has 2 N–H and O–H groups in total. The monoisotopic (exact) mass is 425 g/mol. The van der Waals surface area contributed by atoms with E-state index in [1.165, 1.54) is 4.88 Å². The molecule has 4 aromatic rings. The van der Waals surface area contributed by atoms with E-state index in [4.69, 9.17) is 4.42 Å². The number of aliphatic imine (C=N–C) groups is 1. The molecule has 0 saturated carbocycles. The van der Waals surface area contributed by atoms with Crippen molar-refractivity contribution in [2.24, 2.45) is 4.99 Å². The van der Waals surface area contributed by atoms with Crippen LogP contribution in [0.25, 0.3) is 21.0 Å². The van der Waals surface area contributed by atoms with Gasteiger partial charge in [0.15, 0.2) is 16.7 Å². The number of nitrogens with one attached hydrogen (secondary N) is 2. The molecule has 29 heavy (non-hydrogen) atoms. The molecule has 0 aliphatic carbocycles. The van der Waals surface area contributed by atoms with Crippen molar-refractivity contribution in [2.45, 2.75) is 26.8 Å². The van der Waals surface area contributed by atoms with Crippen LogP contribution in [-0.4, -0.2) is 29.5 Å². The lowest BCUT2D eigenvalue weighted by molar-refractivity contribution is 0.513. The van der Waals surface area contributed by atoms with Gasteiger partial charge in [0.25, 0.3) is 0 Å². The van der Waals surface area contributed by atoms with E-state index in [1.807, 2.05) is 30.3 Å². The van der Waals surface area contributed by atoms with Gasteiger partial charge in [-0.05, 0) is 38.1 Å². The highest BCUT2D eigenvalue weighted by molar-refractivity contribution is 7.21. The summed E-state index contributed by atoms with van der Waals surface area (Å²) in [6.07, 6.45) is 0.878. The molecular weight excluding hydrogens is 402 g/mol. The van der Waals surface area contributed by atoms with Crippen molar-refractivity contribution in [1.82, 2.24) is 20.6 Å². The average molecular weight is 426 g/mol. The van der Waals surface area contributed by atoms with Gasteiger partial charge in [0.2, 0.25) is 0 Å². The van der Waals surface area contributed by atoms with Crippen LogP contribution in [0.3, 0.4) is 0 Å². The van der Waals surface area contributed by atoms with Crippen LogP contribution in [0.2, 0.25) is 0 Å². The van der Waals surface area contributed by atoms with E-state index in [9.17, 15) is 0 Å². The Morgan fingerprint density at radius 2 is 1.93 bits per heavy atom. The van der Waals surface area contributed by atoms with Crippen molar-refractivity contribution in [3.63, 3.8) is 0 Å². The SMILES string of the molecule is CN=C(NCCc1nc(C)c(C)s1)NCc1ccc(-c2nc3ccccc3s2)o1. The second-order valence-corrected chi connectivity index (χ2v) is 8.92. The summed E-state index contributed by atoms with van der Waals surface area (Å²) in [5.74, 6) is 2.38. The quantitative estimate of drug-likeness (QED) is 0.350. The van der Waals surface area contributed by atoms with Gasteiger partial charge in [-0.25, -0.2) is 9.97 Å². The minimum absolute atomic E-state index is 0.556. The zero-order valence-electron chi connectivity index (χ0n) is 16.7. The van der Waals surface area contributed by atoms with Gasteiger partial charge in [0.1, 0.15) is 5.76 Å². The Bertz CT molecular complexity index is 1090. The standard InChI is InChI=1S/C21H23N5OS2/c1-13-14(2)28-19(25-13)10-11-23-21(22-3)24-12-15-8-9-17(27-15)20-26-16-6-4-5-7-18(16)29-20/h4-9H,10-12H2,1-3H3,(H2,22,23,24). The summed E-state index contributed by atoms with van der Waals surface area (Å²) < 4.78 is 7.14. The lowest BCUT2D eigenvalue weighted by Crippen LogP contribution is -2.37. The highest BCUT2D eigenvalue weighted by Gasteiger charge is 2.11. The molecule has 0 amide bonds. The third kappa shape index (κ3) is 4.65. The van der Waals surface area contributed by atoms with Crippen LogP contribution in [0.5, 0.6) is 0 Å². The number of aromatic nitrogens is 2. The Hall–Kier alpha value is -2.71.